The third-order valence-corrected chi connectivity index (χ3v) is 4.56. The van der Waals surface area contributed by atoms with Crippen molar-refractivity contribution in [2.24, 2.45) is 0 Å². The normalized spacial score (nSPS) is 12.4. The van der Waals surface area contributed by atoms with E-state index in [0.29, 0.717) is 0 Å². The molecule has 0 saturated heterocycles. The Hall–Kier alpha value is -1.98. The van der Waals surface area contributed by atoms with Crippen LogP contribution in [0.15, 0.2) is 54.2 Å². The molecule has 0 aliphatic rings. The summed E-state index contributed by atoms with van der Waals surface area (Å²) in [5.41, 5.74) is 2.24. The summed E-state index contributed by atoms with van der Waals surface area (Å²) in [6, 6.07) is 12.6. The third-order valence-electron chi connectivity index (χ3n) is 3.54. The fourth-order valence-corrected chi connectivity index (χ4v) is 3.17. The first-order valence-corrected chi connectivity index (χ1v) is 8.42. The summed E-state index contributed by atoms with van der Waals surface area (Å²) in [4.78, 5) is 4.75. The highest BCUT2D eigenvalue weighted by molar-refractivity contribution is 7.10. The first kappa shape index (κ1) is 14.9. The molecule has 0 radical (unpaired) electrons. The molecule has 1 atom stereocenters. The SMILES string of the molecule is CC(NCCCn1cccn1)c1nc(-c2ccccc2)cs1. The minimum absolute atomic E-state index is 0.278. The van der Waals surface area contributed by atoms with Crippen LogP contribution in [-0.4, -0.2) is 21.3 Å². The van der Waals surface area contributed by atoms with Gasteiger partial charge in [-0.05, 0) is 26.0 Å². The summed E-state index contributed by atoms with van der Waals surface area (Å²) in [6.45, 7) is 4.07. The number of nitrogens with one attached hydrogen (secondary N) is 1. The van der Waals surface area contributed by atoms with Gasteiger partial charge < -0.3 is 5.32 Å². The van der Waals surface area contributed by atoms with Crippen molar-refractivity contribution in [3.63, 3.8) is 0 Å². The molecule has 3 rings (SSSR count). The monoisotopic (exact) mass is 312 g/mol. The van der Waals surface area contributed by atoms with Gasteiger partial charge in [0.15, 0.2) is 0 Å². The summed E-state index contributed by atoms with van der Waals surface area (Å²) in [5, 5.41) is 11.0. The van der Waals surface area contributed by atoms with E-state index in [2.05, 4.69) is 34.9 Å². The molecule has 0 bridgehead atoms. The van der Waals surface area contributed by atoms with Crippen LogP contribution < -0.4 is 5.32 Å². The van der Waals surface area contributed by atoms with Crippen molar-refractivity contribution in [1.29, 1.82) is 0 Å². The van der Waals surface area contributed by atoms with Gasteiger partial charge in [-0.25, -0.2) is 4.98 Å². The lowest BCUT2D eigenvalue weighted by atomic mass is 10.2. The van der Waals surface area contributed by atoms with Crippen LogP contribution in [0.5, 0.6) is 0 Å². The lowest BCUT2D eigenvalue weighted by Gasteiger charge is -2.11. The topological polar surface area (TPSA) is 42.7 Å². The summed E-state index contributed by atoms with van der Waals surface area (Å²) in [5.74, 6) is 0. The molecular formula is C17H20N4S. The summed E-state index contributed by atoms with van der Waals surface area (Å²) in [6.07, 6.45) is 4.87. The van der Waals surface area contributed by atoms with Crippen LogP contribution in [-0.2, 0) is 6.54 Å². The minimum atomic E-state index is 0.278. The number of nitrogens with zero attached hydrogens (tertiary/aromatic N) is 3. The second-order valence-electron chi connectivity index (χ2n) is 5.24. The smallest absolute Gasteiger partial charge is 0.110 e. The highest BCUT2D eigenvalue weighted by Crippen LogP contribution is 2.25. The molecular weight excluding hydrogens is 292 g/mol. The lowest BCUT2D eigenvalue weighted by Crippen LogP contribution is -2.21. The predicted octanol–water partition coefficient (Wildman–Crippen LogP) is 3.75. The molecule has 0 aliphatic heterocycles. The van der Waals surface area contributed by atoms with Crippen molar-refractivity contribution < 1.29 is 0 Å². The van der Waals surface area contributed by atoms with Gasteiger partial charge in [0.1, 0.15) is 5.01 Å². The van der Waals surface area contributed by atoms with Crippen LogP contribution >= 0.6 is 11.3 Å². The number of thiazole rings is 1. The molecule has 5 heteroatoms. The summed E-state index contributed by atoms with van der Waals surface area (Å²) >= 11 is 1.72. The minimum Gasteiger partial charge on any atom is -0.308 e. The molecule has 22 heavy (non-hydrogen) atoms. The van der Waals surface area contributed by atoms with Crippen LogP contribution in [0.3, 0.4) is 0 Å². The fourth-order valence-electron chi connectivity index (χ4n) is 2.31. The third kappa shape index (κ3) is 3.81. The van der Waals surface area contributed by atoms with E-state index in [1.807, 2.05) is 41.3 Å². The number of aromatic nitrogens is 3. The van der Waals surface area contributed by atoms with E-state index in [1.165, 1.54) is 5.56 Å². The molecule has 4 nitrogen and oxygen atoms in total. The molecule has 1 aromatic carbocycles. The van der Waals surface area contributed by atoms with Gasteiger partial charge in [-0.15, -0.1) is 11.3 Å². The Kier molecular flexibility index (Phi) is 4.98. The molecule has 0 aliphatic carbocycles. The molecule has 0 saturated carbocycles. The molecule has 0 spiro atoms. The quantitative estimate of drug-likeness (QED) is 0.676. The molecule has 0 fully saturated rings. The van der Waals surface area contributed by atoms with Crippen LogP contribution in [0.25, 0.3) is 11.3 Å². The van der Waals surface area contributed by atoms with Crippen LogP contribution in [0, 0.1) is 0 Å². The van der Waals surface area contributed by atoms with Gasteiger partial charge in [0.05, 0.1) is 11.7 Å². The van der Waals surface area contributed by atoms with Crippen LogP contribution in [0.4, 0.5) is 0 Å². The van der Waals surface area contributed by atoms with Crippen LogP contribution in [0.1, 0.15) is 24.4 Å². The van der Waals surface area contributed by atoms with Gasteiger partial charge in [-0.1, -0.05) is 30.3 Å². The van der Waals surface area contributed by atoms with Gasteiger partial charge in [0.25, 0.3) is 0 Å². The number of hydrogen-bond donors (Lipinski definition) is 1. The van der Waals surface area contributed by atoms with Crippen molar-refractivity contribution >= 4 is 11.3 Å². The van der Waals surface area contributed by atoms with Gasteiger partial charge >= 0.3 is 0 Å². The summed E-state index contributed by atoms with van der Waals surface area (Å²) < 4.78 is 1.96. The maximum atomic E-state index is 4.75. The van der Waals surface area contributed by atoms with Gasteiger partial charge in [0.2, 0.25) is 0 Å². The molecule has 1 N–H and O–H groups in total. The lowest BCUT2D eigenvalue weighted by molar-refractivity contribution is 0.506. The highest BCUT2D eigenvalue weighted by atomic mass is 32.1. The molecule has 0 amide bonds. The maximum absolute atomic E-state index is 4.75. The largest absolute Gasteiger partial charge is 0.308 e. The number of benzene rings is 1. The number of rotatable bonds is 7. The standard InChI is InChI=1S/C17H20N4S/c1-14(18-9-5-11-21-12-6-10-19-21)17-20-16(13-22-17)15-7-3-2-4-8-15/h2-4,6-8,10,12-14,18H,5,9,11H2,1H3. The molecule has 2 heterocycles. The van der Waals surface area contributed by atoms with Gasteiger partial charge in [-0.2, -0.15) is 5.10 Å². The molecule has 3 aromatic rings. The van der Waals surface area contributed by atoms with Gasteiger partial charge in [0, 0.05) is 29.9 Å². The Morgan fingerprint density at radius 3 is 2.86 bits per heavy atom. The van der Waals surface area contributed by atoms with Crippen molar-refractivity contribution in [3.8, 4) is 11.3 Å². The first-order valence-electron chi connectivity index (χ1n) is 7.54. The average Bonchev–Trinajstić information content (AvgIpc) is 3.24. The van der Waals surface area contributed by atoms with Gasteiger partial charge in [-0.3, -0.25) is 4.68 Å². The first-order chi connectivity index (χ1) is 10.8. The van der Waals surface area contributed by atoms with Crippen molar-refractivity contribution in [2.45, 2.75) is 25.9 Å². The van der Waals surface area contributed by atoms with E-state index in [9.17, 15) is 0 Å². The van der Waals surface area contributed by atoms with E-state index < -0.39 is 0 Å². The van der Waals surface area contributed by atoms with Crippen molar-refractivity contribution in [3.05, 3.63) is 59.2 Å². The Bertz CT molecular complexity index is 676. The van der Waals surface area contributed by atoms with E-state index in [4.69, 9.17) is 4.98 Å². The Balaban J connectivity index is 1.50. The number of hydrogen-bond acceptors (Lipinski definition) is 4. The summed E-state index contributed by atoms with van der Waals surface area (Å²) in [7, 11) is 0. The zero-order valence-electron chi connectivity index (χ0n) is 12.6. The second kappa shape index (κ2) is 7.33. The fraction of sp³-hybridized carbons (Fsp3) is 0.294. The zero-order chi connectivity index (χ0) is 15.2. The van der Waals surface area contributed by atoms with Crippen molar-refractivity contribution in [1.82, 2.24) is 20.1 Å². The van der Waals surface area contributed by atoms with E-state index in [-0.39, 0.29) is 6.04 Å². The average molecular weight is 312 g/mol. The van der Waals surface area contributed by atoms with Crippen LogP contribution in [0.2, 0.25) is 0 Å². The van der Waals surface area contributed by atoms with E-state index in [1.54, 1.807) is 11.3 Å². The molecule has 114 valence electrons. The second-order valence-corrected chi connectivity index (χ2v) is 6.13. The highest BCUT2D eigenvalue weighted by Gasteiger charge is 2.10. The Morgan fingerprint density at radius 1 is 1.23 bits per heavy atom. The molecule has 1 unspecified atom stereocenters. The zero-order valence-corrected chi connectivity index (χ0v) is 13.5. The number of aryl methyl sites for hydroxylation is 1. The van der Waals surface area contributed by atoms with E-state index in [0.717, 1.165) is 30.2 Å². The molecule has 2 aromatic heterocycles. The Labute approximate surface area is 134 Å². The van der Waals surface area contributed by atoms with E-state index >= 15 is 0 Å². The maximum Gasteiger partial charge on any atom is 0.110 e. The predicted molar refractivity (Wildman–Crippen MR) is 90.8 cm³/mol. The van der Waals surface area contributed by atoms with Crippen molar-refractivity contribution in [2.75, 3.05) is 6.54 Å². The Morgan fingerprint density at radius 2 is 2.09 bits per heavy atom.